The van der Waals surface area contributed by atoms with Gasteiger partial charge < -0.3 is 0 Å². The highest BCUT2D eigenvalue weighted by atomic mass is 32.2. The fourth-order valence-corrected chi connectivity index (χ4v) is 5.55. The first-order valence-electron chi connectivity index (χ1n) is 9.87. The van der Waals surface area contributed by atoms with E-state index in [4.69, 9.17) is 12.2 Å². The number of hydrogen-bond acceptors (Lipinski definition) is 7. The molecule has 0 unspecified atom stereocenters. The molecule has 0 spiro atoms. The van der Waals surface area contributed by atoms with Gasteiger partial charge in [-0.2, -0.15) is 5.10 Å². The van der Waals surface area contributed by atoms with Crippen molar-refractivity contribution >= 4 is 50.3 Å². The number of hydrogen-bond donors (Lipinski definition) is 2. The molecule has 1 aromatic carbocycles. The van der Waals surface area contributed by atoms with Crippen LogP contribution in [0.2, 0.25) is 0 Å². The lowest BCUT2D eigenvalue weighted by molar-refractivity contribution is 0.102. The number of allylic oxidation sites excluding steroid dienone is 1. The Kier molecular flexibility index (Phi) is 6.26. The second-order valence-corrected chi connectivity index (χ2v) is 10.6. The van der Waals surface area contributed by atoms with Crippen molar-refractivity contribution in [3.8, 4) is 0 Å². The summed E-state index contributed by atoms with van der Waals surface area (Å²) in [6, 6.07) is 5.09. The van der Waals surface area contributed by atoms with Gasteiger partial charge in [0.15, 0.2) is 9.90 Å². The van der Waals surface area contributed by atoms with Gasteiger partial charge in [-0.1, -0.05) is 6.08 Å². The molecule has 9 nitrogen and oxygen atoms in total. The highest BCUT2D eigenvalue weighted by molar-refractivity contribution is 7.92. The molecular formula is C20H22N6O3S3. The summed E-state index contributed by atoms with van der Waals surface area (Å²) in [5, 5.41) is 12.2. The van der Waals surface area contributed by atoms with Gasteiger partial charge in [0.25, 0.3) is 5.91 Å². The fraction of sp³-hybridized carbons (Fsp3) is 0.300. The van der Waals surface area contributed by atoms with Gasteiger partial charge in [0.1, 0.15) is 5.82 Å². The maximum Gasteiger partial charge on any atom is 0.257 e. The number of sulfonamides is 1. The highest BCUT2D eigenvalue weighted by Gasteiger charge is 2.25. The summed E-state index contributed by atoms with van der Waals surface area (Å²) in [6.07, 6.45) is 4.85. The molecule has 2 aromatic heterocycles. The number of aromatic nitrogens is 4. The molecule has 3 aromatic rings. The Morgan fingerprint density at radius 3 is 3.00 bits per heavy atom. The Morgan fingerprint density at radius 2 is 2.25 bits per heavy atom. The number of nitrogens with one attached hydrogen (secondary N) is 2. The van der Waals surface area contributed by atoms with Gasteiger partial charge in [-0.15, -0.1) is 17.9 Å². The number of amides is 1. The Balaban J connectivity index is 1.48. The van der Waals surface area contributed by atoms with Crippen LogP contribution in [-0.2, 0) is 29.4 Å². The molecule has 3 heterocycles. The van der Waals surface area contributed by atoms with Crippen molar-refractivity contribution in [3.63, 3.8) is 0 Å². The summed E-state index contributed by atoms with van der Waals surface area (Å²) < 4.78 is 27.8. The van der Waals surface area contributed by atoms with Gasteiger partial charge in [-0.25, -0.2) is 13.4 Å². The number of H-pyrrole nitrogens is 1. The van der Waals surface area contributed by atoms with Crippen LogP contribution in [0.5, 0.6) is 0 Å². The summed E-state index contributed by atoms with van der Waals surface area (Å²) >= 11 is 6.55. The zero-order valence-electron chi connectivity index (χ0n) is 17.4. The SMILES string of the molecule is C=CCn1c(Cc2csc(NC(=O)c3ccc4c(c3)CCCN4S(C)(=O)=O)n2)n[nH]c1=S. The van der Waals surface area contributed by atoms with Crippen LogP contribution in [0.3, 0.4) is 0 Å². The van der Waals surface area contributed by atoms with Gasteiger partial charge in [0, 0.05) is 24.0 Å². The Bertz CT molecular complexity index is 1340. The van der Waals surface area contributed by atoms with Crippen molar-refractivity contribution in [1.82, 2.24) is 19.7 Å². The van der Waals surface area contributed by atoms with Crippen molar-refractivity contribution in [1.29, 1.82) is 0 Å². The van der Waals surface area contributed by atoms with Crippen molar-refractivity contribution in [3.05, 3.63) is 63.7 Å². The molecule has 168 valence electrons. The summed E-state index contributed by atoms with van der Waals surface area (Å²) in [6.45, 7) is 4.73. The van der Waals surface area contributed by atoms with E-state index in [9.17, 15) is 13.2 Å². The summed E-state index contributed by atoms with van der Waals surface area (Å²) in [5.74, 6) is 0.447. The van der Waals surface area contributed by atoms with Crippen LogP contribution in [0, 0.1) is 4.77 Å². The molecular weight excluding hydrogens is 468 g/mol. The van der Waals surface area contributed by atoms with Gasteiger partial charge >= 0.3 is 0 Å². The lowest BCUT2D eigenvalue weighted by atomic mass is 10.0. The van der Waals surface area contributed by atoms with Crippen molar-refractivity contribution in [2.45, 2.75) is 25.8 Å². The summed E-state index contributed by atoms with van der Waals surface area (Å²) in [4.78, 5) is 17.3. The molecule has 0 atom stereocenters. The number of carbonyl (C=O) groups excluding carboxylic acids is 1. The monoisotopic (exact) mass is 490 g/mol. The molecule has 1 aliphatic heterocycles. The lowest BCUT2D eigenvalue weighted by Gasteiger charge is -2.29. The lowest BCUT2D eigenvalue weighted by Crippen LogP contribution is -2.34. The number of thiazole rings is 1. The third-order valence-corrected chi connectivity index (χ3v) is 7.38. The van der Waals surface area contributed by atoms with Gasteiger partial charge in [-0.3, -0.25) is 24.1 Å². The van der Waals surface area contributed by atoms with E-state index in [1.165, 1.54) is 21.9 Å². The largest absolute Gasteiger partial charge is 0.300 e. The standard InChI is InChI=1S/C20H22N6O3S3/c1-3-8-25-17(23-24-20(25)30)11-15-12-31-19(21-15)22-18(27)14-6-7-16-13(10-14)5-4-9-26(16)32(2,28)29/h3,6-7,10,12H,1,4-5,8-9,11H2,2H3,(H,24,30)(H,21,22,27). The number of rotatable bonds is 7. The Hall–Kier alpha value is -2.83. The fourth-order valence-electron chi connectivity index (χ4n) is 3.63. The van der Waals surface area contributed by atoms with E-state index in [0.717, 1.165) is 23.5 Å². The topological polar surface area (TPSA) is 113 Å². The highest BCUT2D eigenvalue weighted by Crippen LogP contribution is 2.30. The van der Waals surface area contributed by atoms with Crippen LogP contribution in [0.15, 0.2) is 36.2 Å². The Morgan fingerprint density at radius 1 is 1.44 bits per heavy atom. The number of benzene rings is 1. The molecule has 0 aliphatic carbocycles. The maximum absolute atomic E-state index is 12.8. The third-order valence-electron chi connectivity index (χ3n) is 5.08. The number of anilines is 2. The molecule has 4 rings (SSSR count). The molecule has 2 N–H and O–H groups in total. The minimum absolute atomic E-state index is 0.292. The summed E-state index contributed by atoms with van der Waals surface area (Å²) in [5.41, 5.74) is 2.71. The average Bonchev–Trinajstić information content (AvgIpc) is 3.34. The van der Waals surface area contributed by atoms with E-state index < -0.39 is 10.0 Å². The molecule has 0 radical (unpaired) electrons. The van der Waals surface area contributed by atoms with Crippen LogP contribution in [0.25, 0.3) is 0 Å². The predicted molar refractivity (Wildman–Crippen MR) is 127 cm³/mol. The molecule has 1 amide bonds. The molecule has 0 bridgehead atoms. The molecule has 1 aliphatic rings. The zero-order chi connectivity index (χ0) is 22.9. The quantitative estimate of drug-likeness (QED) is 0.389. The first-order chi connectivity index (χ1) is 15.3. The minimum atomic E-state index is -3.35. The minimum Gasteiger partial charge on any atom is -0.300 e. The van der Waals surface area contributed by atoms with Crippen molar-refractivity contribution < 1.29 is 13.2 Å². The normalized spacial score (nSPS) is 13.6. The number of fused-ring (bicyclic) bond motifs is 1. The molecule has 32 heavy (non-hydrogen) atoms. The first-order valence-corrected chi connectivity index (χ1v) is 13.0. The smallest absolute Gasteiger partial charge is 0.257 e. The van der Waals surface area contributed by atoms with E-state index in [-0.39, 0.29) is 5.91 Å². The van der Waals surface area contributed by atoms with Crippen molar-refractivity contribution in [2.75, 3.05) is 22.4 Å². The first kappa shape index (κ1) is 22.4. The van der Waals surface area contributed by atoms with E-state index in [1.807, 2.05) is 9.95 Å². The number of nitrogens with zero attached hydrogens (tertiary/aromatic N) is 4. The van der Waals surface area contributed by atoms with Crippen LogP contribution in [0.1, 0.15) is 33.9 Å². The van der Waals surface area contributed by atoms with Gasteiger partial charge in [-0.05, 0) is 48.8 Å². The molecule has 12 heteroatoms. The van der Waals surface area contributed by atoms with Crippen LogP contribution in [-0.4, -0.2) is 46.9 Å². The van der Waals surface area contributed by atoms with E-state index in [1.54, 1.807) is 24.3 Å². The average molecular weight is 491 g/mol. The van der Waals surface area contributed by atoms with Crippen LogP contribution < -0.4 is 9.62 Å². The van der Waals surface area contributed by atoms with Crippen LogP contribution >= 0.6 is 23.6 Å². The Labute approximate surface area is 194 Å². The van der Waals surface area contributed by atoms with Gasteiger partial charge in [0.2, 0.25) is 10.0 Å². The molecule has 0 saturated carbocycles. The van der Waals surface area contributed by atoms with Crippen molar-refractivity contribution in [2.24, 2.45) is 0 Å². The number of aromatic amines is 1. The zero-order valence-corrected chi connectivity index (χ0v) is 19.8. The second-order valence-electron chi connectivity index (χ2n) is 7.40. The molecule has 0 saturated heterocycles. The van der Waals surface area contributed by atoms with E-state index in [2.05, 4.69) is 27.1 Å². The third kappa shape index (κ3) is 4.66. The van der Waals surface area contributed by atoms with E-state index in [0.29, 0.717) is 47.1 Å². The second kappa shape index (κ2) is 8.96. The maximum atomic E-state index is 12.8. The van der Waals surface area contributed by atoms with E-state index >= 15 is 0 Å². The van der Waals surface area contributed by atoms with Gasteiger partial charge in [0.05, 0.1) is 24.1 Å². The van der Waals surface area contributed by atoms with Crippen LogP contribution in [0.4, 0.5) is 10.8 Å². The molecule has 0 fully saturated rings. The number of aryl methyl sites for hydroxylation is 1. The number of carbonyl (C=O) groups is 1. The summed E-state index contributed by atoms with van der Waals surface area (Å²) in [7, 11) is -3.35. The predicted octanol–water partition coefficient (Wildman–Crippen LogP) is 3.14.